The molecule has 4 heterocycles. The van der Waals surface area contributed by atoms with Gasteiger partial charge in [-0.15, -0.1) is 0 Å². The van der Waals surface area contributed by atoms with E-state index in [1.54, 1.807) is 0 Å². The van der Waals surface area contributed by atoms with Gasteiger partial charge in [-0.2, -0.15) is 10.2 Å². The highest BCUT2D eigenvalue weighted by molar-refractivity contribution is 5.75. The number of nitrogens with one attached hydrogen (secondary N) is 1. The number of hydrogen-bond donors (Lipinski definition) is 1. The average Bonchev–Trinajstić information content (AvgIpc) is 3.12. The highest BCUT2D eigenvalue weighted by Gasteiger charge is 2.19. The monoisotopic (exact) mass is 296 g/mol. The van der Waals surface area contributed by atoms with Gasteiger partial charge in [0.2, 0.25) is 0 Å². The zero-order chi connectivity index (χ0) is 15.1. The molecule has 0 amide bonds. The molecule has 1 atom stereocenters. The molecule has 1 fully saturated rings. The molecule has 6 nitrogen and oxygen atoms in total. The topological polar surface area (TPSA) is 50.4 Å². The van der Waals surface area contributed by atoms with Crippen LogP contribution < -0.4 is 10.2 Å². The molecule has 3 aromatic rings. The Kier molecular flexibility index (Phi) is 3.11. The minimum absolute atomic E-state index is 0.512. The van der Waals surface area contributed by atoms with Gasteiger partial charge in [0.15, 0.2) is 0 Å². The van der Waals surface area contributed by atoms with E-state index in [1.807, 2.05) is 34.8 Å². The molecule has 114 valence electrons. The van der Waals surface area contributed by atoms with Crippen molar-refractivity contribution < 1.29 is 0 Å². The predicted octanol–water partition coefficient (Wildman–Crippen LogP) is 1.53. The van der Waals surface area contributed by atoms with Crippen LogP contribution in [0.1, 0.15) is 6.92 Å². The highest BCUT2D eigenvalue weighted by atomic mass is 15.3. The molecule has 22 heavy (non-hydrogen) atoms. The predicted molar refractivity (Wildman–Crippen MR) is 87.1 cm³/mol. The van der Waals surface area contributed by atoms with Crippen molar-refractivity contribution in [1.82, 2.24) is 24.7 Å². The number of pyridine rings is 1. The second-order valence-electron chi connectivity index (χ2n) is 5.98. The Hall–Kier alpha value is -2.34. The summed E-state index contributed by atoms with van der Waals surface area (Å²) in [5, 5.41) is 12.2. The second kappa shape index (κ2) is 5.14. The SMILES string of the molecule is C[C@H]1CN(c2cnn3cc(-c4cnn(C)c4)ccc23)CCN1. The molecular weight excluding hydrogens is 276 g/mol. The van der Waals surface area contributed by atoms with Crippen molar-refractivity contribution in [1.29, 1.82) is 0 Å². The van der Waals surface area contributed by atoms with Crippen LogP contribution >= 0.6 is 0 Å². The molecule has 6 heteroatoms. The lowest BCUT2D eigenvalue weighted by molar-refractivity contribution is 0.485. The molecule has 0 saturated carbocycles. The summed E-state index contributed by atoms with van der Waals surface area (Å²) in [6.07, 6.45) is 7.94. The minimum Gasteiger partial charge on any atom is -0.366 e. The van der Waals surface area contributed by atoms with Crippen molar-refractivity contribution in [2.75, 3.05) is 24.5 Å². The molecule has 0 spiro atoms. The number of anilines is 1. The third kappa shape index (κ3) is 2.25. The highest BCUT2D eigenvalue weighted by Crippen LogP contribution is 2.26. The summed E-state index contributed by atoms with van der Waals surface area (Å²) >= 11 is 0. The van der Waals surface area contributed by atoms with Gasteiger partial charge in [-0.3, -0.25) is 4.68 Å². The van der Waals surface area contributed by atoms with Gasteiger partial charge >= 0.3 is 0 Å². The number of piperazine rings is 1. The molecule has 0 aromatic carbocycles. The van der Waals surface area contributed by atoms with Gasteiger partial charge in [-0.25, -0.2) is 4.52 Å². The van der Waals surface area contributed by atoms with Crippen LogP contribution in [0.3, 0.4) is 0 Å². The fourth-order valence-corrected chi connectivity index (χ4v) is 3.11. The van der Waals surface area contributed by atoms with Gasteiger partial charge in [-0.05, 0) is 13.0 Å². The molecule has 1 aliphatic heterocycles. The van der Waals surface area contributed by atoms with Crippen LogP contribution in [-0.2, 0) is 7.05 Å². The largest absolute Gasteiger partial charge is 0.366 e. The van der Waals surface area contributed by atoms with Crippen LogP contribution in [0, 0.1) is 0 Å². The van der Waals surface area contributed by atoms with Gasteiger partial charge in [0.1, 0.15) is 0 Å². The molecular formula is C16H20N6. The summed E-state index contributed by atoms with van der Waals surface area (Å²) in [5.74, 6) is 0. The molecule has 3 aromatic heterocycles. The Bertz CT molecular complexity index is 802. The number of hydrogen-bond acceptors (Lipinski definition) is 4. The van der Waals surface area contributed by atoms with E-state index in [2.05, 4.69) is 45.7 Å². The third-order valence-corrected chi connectivity index (χ3v) is 4.24. The van der Waals surface area contributed by atoms with Crippen LogP contribution in [-0.4, -0.2) is 45.1 Å². The maximum atomic E-state index is 4.54. The molecule has 0 bridgehead atoms. The van der Waals surface area contributed by atoms with E-state index in [1.165, 1.54) is 5.69 Å². The van der Waals surface area contributed by atoms with E-state index in [9.17, 15) is 0 Å². The number of aryl methyl sites for hydroxylation is 1. The van der Waals surface area contributed by atoms with Gasteiger partial charge < -0.3 is 10.2 Å². The Balaban J connectivity index is 1.71. The molecule has 1 saturated heterocycles. The first-order chi connectivity index (χ1) is 10.7. The maximum absolute atomic E-state index is 4.54. The van der Waals surface area contributed by atoms with Crippen LogP contribution in [0.25, 0.3) is 16.6 Å². The van der Waals surface area contributed by atoms with Crippen LogP contribution in [0.2, 0.25) is 0 Å². The summed E-state index contributed by atoms with van der Waals surface area (Å²) in [6.45, 7) is 5.28. The zero-order valence-corrected chi connectivity index (χ0v) is 12.9. The van der Waals surface area contributed by atoms with Gasteiger partial charge in [-0.1, -0.05) is 6.07 Å². The van der Waals surface area contributed by atoms with Crippen molar-refractivity contribution in [3.05, 3.63) is 36.9 Å². The lowest BCUT2D eigenvalue weighted by atomic mass is 10.1. The van der Waals surface area contributed by atoms with Crippen molar-refractivity contribution >= 4 is 11.2 Å². The second-order valence-corrected chi connectivity index (χ2v) is 5.98. The van der Waals surface area contributed by atoms with E-state index in [0.717, 1.165) is 36.3 Å². The van der Waals surface area contributed by atoms with Gasteiger partial charge in [0.25, 0.3) is 0 Å². The first-order valence-electron chi connectivity index (χ1n) is 7.65. The first-order valence-corrected chi connectivity index (χ1v) is 7.65. The van der Waals surface area contributed by atoms with E-state index >= 15 is 0 Å². The van der Waals surface area contributed by atoms with E-state index < -0.39 is 0 Å². The minimum atomic E-state index is 0.512. The summed E-state index contributed by atoms with van der Waals surface area (Å²) in [7, 11) is 1.93. The lowest BCUT2D eigenvalue weighted by Crippen LogP contribution is -2.49. The van der Waals surface area contributed by atoms with Crippen LogP contribution in [0.5, 0.6) is 0 Å². The summed E-state index contributed by atoms with van der Waals surface area (Å²) in [6, 6.07) is 4.80. The van der Waals surface area contributed by atoms with Crippen LogP contribution in [0.15, 0.2) is 36.9 Å². The maximum Gasteiger partial charge on any atom is 0.0896 e. The number of aromatic nitrogens is 4. The van der Waals surface area contributed by atoms with Crippen molar-refractivity contribution in [3.63, 3.8) is 0 Å². The van der Waals surface area contributed by atoms with Gasteiger partial charge in [0.05, 0.1) is 23.6 Å². The Labute approximate surface area is 129 Å². The standard InChI is InChI=1S/C16H20N6/c1-12-9-21(6-5-17-12)16-8-19-22-11-13(3-4-15(16)22)14-7-18-20(2)10-14/h3-4,7-8,10-12,17H,5-6,9H2,1-2H3/t12-/m0/s1. The molecule has 0 aliphatic carbocycles. The van der Waals surface area contributed by atoms with Crippen LogP contribution in [0.4, 0.5) is 5.69 Å². The number of fused-ring (bicyclic) bond motifs is 1. The fourth-order valence-electron chi connectivity index (χ4n) is 3.11. The smallest absolute Gasteiger partial charge is 0.0896 e. The summed E-state index contributed by atoms with van der Waals surface area (Å²) in [4.78, 5) is 2.41. The number of nitrogens with zero attached hydrogens (tertiary/aromatic N) is 5. The van der Waals surface area contributed by atoms with E-state index in [0.29, 0.717) is 6.04 Å². The molecule has 4 rings (SSSR count). The third-order valence-electron chi connectivity index (χ3n) is 4.24. The Morgan fingerprint density at radius 1 is 1.14 bits per heavy atom. The Morgan fingerprint density at radius 2 is 2.05 bits per heavy atom. The normalized spacial score (nSPS) is 19.0. The summed E-state index contributed by atoms with van der Waals surface area (Å²) < 4.78 is 3.78. The van der Waals surface area contributed by atoms with Crippen molar-refractivity contribution in [3.8, 4) is 11.1 Å². The summed E-state index contributed by atoms with van der Waals surface area (Å²) in [5.41, 5.74) is 4.61. The zero-order valence-electron chi connectivity index (χ0n) is 12.9. The number of rotatable bonds is 2. The lowest BCUT2D eigenvalue weighted by Gasteiger charge is -2.32. The quantitative estimate of drug-likeness (QED) is 0.779. The molecule has 1 N–H and O–H groups in total. The fraction of sp³-hybridized carbons (Fsp3) is 0.375. The van der Waals surface area contributed by atoms with E-state index in [4.69, 9.17) is 0 Å². The average molecular weight is 296 g/mol. The van der Waals surface area contributed by atoms with E-state index in [-0.39, 0.29) is 0 Å². The first kappa shape index (κ1) is 13.3. The van der Waals surface area contributed by atoms with Crippen molar-refractivity contribution in [2.45, 2.75) is 13.0 Å². The Morgan fingerprint density at radius 3 is 2.82 bits per heavy atom. The molecule has 1 aliphatic rings. The van der Waals surface area contributed by atoms with Gasteiger partial charge in [0, 0.05) is 56.2 Å². The molecule has 0 radical (unpaired) electrons. The molecule has 0 unspecified atom stereocenters. The van der Waals surface area contributed by atoms with Crippen molar-refractivity contribution in [2.24, 2.45) is 7.05 Å².